The number of aromatic amines is 1. The first-order valence-electron chi connectivity index (χ1n) is 12.9. The predicted molar refractivity (Wildman–Crippen MR) is 150 cm³/mol. The Labute approximate surface area is 240 Å². The molecule has 0 aromatic carbocycles. The van der Waals surface area contributed by atoms with Gasteiger partial charge in [-0.3, -0.25) is 23.7 Å². The predicted octanol–water partition coefficient (Wildman–Crippen LogP) is 2.23. The second-order valence-corrected chi connectivity index (χ2v) is 12.8. The Morgan fingerprint density at radius 3 is 2.46 bits per heavy atom. The molecule has 0 saturated carbocycles. The number of nitriles is 1. The van der Waals surface area contributed by atoms with Crippen LogP contribution in [0, 0.1) is 11.3 Å². The summed E-state index contributed by atoms with van der Waals surface area (Å²) in [5, 5.41) is 11.5. The summed E-state index contributed by atoms with van der Waals surface area (Å²) in [4.78, 5) is 38.8. The summed E-state index contributed by atoms with van der Waals surface area (Å²) in [5.74, 6) is 0.751. The van der Waals surface area contributed by atoms with E-state index in [0.717, 1.165) is 10.6 Å². The Bertz CT molecular complexity index is 1210. The molecule has 230 valence electrons. The first kappa shape index (κ1) is 35.0. The fourth-order valence-electron chi connectivity index (χ4n) is 4.00. The summed E-state index contributed by atoms with van der Waals surface area (Å²) in [5.41, 5.74) is -1.39. The molecule has 1 saturated heterocycles. The van der Waals surface area contributed by atoms with Gasteiger partial charge in [-0.2, -0.15) is 5.26 Å². The van der Waals surface area contributed by atoms with Gasteiger partial charge in [-0.05, 0) is 33.8 Å². The summed E-state index contributed by atoms with van der Waals surface area (Å²) in [6, 6.07) is 3.11. The molecule has 0 spiro atoms. The Hall–Kier alpha value is -2.24. The minimum absolute atomic E-state index is 0.0374. The van der Waals surface area contributed by atoms with Crippen LogP contribution in [0.4, 0.5) is 0 Å². The number of ether oxygens (including phenoxy) is 2. The number of hydrogen-bond acceptors (Lipinski definition) is 12. The second-order valence-electron chi connectivity index (χ2n) is 9.32. The number of nitrogens with zero attached hydrogens (tertiary/aromatic N) is 3. The van der Waals surface area contributed by atoms with Crippen LogP contribution in [0.5, 0.6) is 0 Å². The number of H-pyrrole nitrogens is 1. The molecule has 17 heteroatoms. The van der Waals surface area contributed by atoms with Crippen LogP contribution in [0.15, 0.2) is 33.7 Å². The molecule has 1 aromatic heterocycles. The molecule has 5 atom stereocenters. The van der Waals surface area contributed by atoms with Crippen molar-refractivity contribution in [2.24, 2.45) is 0 Å². The quantitative estimate of drug-likeness (QED) is 0.204. The van der Waals surface area contributed by atoms with Gasteiger partial charge in [0.2, 0.25) is 5.91 Å². The van der Waals surface area contributed by atoms with E-state index in [9.17, 15) is 18.9 Å². The van der Waals surface area contributed by atoms with Crippen molar-refractivity contribution in [3.63, 3.8) is 0 Å². The highest BCUT2D eigenvalue weighted by Gasteiger charge is 2.49. The second kappa shape index (κ2) is 16.4. The molecule has 15 nitrogen and oxygen atoms in total. The largest absolute Gasteiger partial charge is 0.361 e. The van der Waals surface area contributed by atoms with Crippen LogP contribution >= 0.6 is 16.1 Å². The van der Waals surface area contributed by atoms with E-state index in [2.05, 4.69) is 10.3 Å². The van der Waals surface area contributed by atoms with Gasteiger partial charge in [0.05, 0.1) is 19.1 Å². The fourth-order valence-corrected chi connectivity index (χ4v) is 6.52. The third-order valence-corrected chi connectivity index (χ3v) is 9.56. The molecule has 1 aliphatic rings. The maximum absolute atomic E-state index is 12.8. The third kappa shape index (κ3) is 9.64. The van der Waals surface area contributed by atoms with Crippen LogP contribution in [-0.4, -0.2) is 85.0 Å². The summed E-state index contributed by atoms with van der Waals surface area (Å²) in [7, 11) is -1.59. The molecule has 1 fully saturated rings. The lowest BCUT2D eigenvalue weighted by molar-refractivity contribution is -0.132. The van der Waals surface area contributed by atoms with Crippen LogP contribution in [0.1, 0.15) is 40.3 Å². The van der Waals surface area contributed by atoms with Gasteiger partial charge in [-0.1, -0.05) is 0 Å². The molecule has 0 radical (unpaired) electrons. The van der Waals surface area contributed by atoms with E-state index in [1.807, 2.05) is 38.4 Å². The zero-order valence-electron chi connectivity index (χ0n) is 24.2. The van der Waals surface area contributed by atoms with Crippen LogP contribution in [0.3, 0.4) is 0 Å². The topological polar surface area (TPSA) is 183 Å². The minimum atomic E-state index is -3.64. The van der Waals surface area contributed by atoms with E-state index in [1.54, 1.807) is 0 Å². The van der Waals surface area contributed by atoms with Crippen molar-refractivity contribution >= 4 is 22.0 Å². The number of carbonyl (C=O) groups is 1. The van der Waals surface area contributed by atoms with Crippen molar-refractivity contribution in [2.75, 3.05) is 34.5 Å². The lowest BCUT2D eigenvalue weighted by Gasteiger charge is -2.38. The Balaban J connectivity index is 2.65. The molecule has 0 aliphatic carbocycles. The molecular weight excluding hydrogens is 580 g/mol. The highest BCUT2D eigenvalue weighted by atomic mass is 31.2. The van der Waals surface area contributed by atoms with E-state index in [4.69, 9.17) is 32.8 Å². The number of nitrogens with one attached hydrogen (secondary N) is 2. The SMILES string of the molecule is CNC(=O)CO[C@@H]1[C@H](OP(OCCC#N)N(C(C)C)C(C)C)[C@@H](/C=C/P(=O)(OC)OC)O[C@H]1n1ccc(=O)[nH]c1=O. The highest BCUT2D eigenvalue weighted by molar-refractivity contribution is 7.57. The molecule has 0 bridgehead atoms. The Morgan fingerprint density at radius 2 is 1.93 bits per heavy atom. The molecule has 2 N–H and O–H groups in total. The van der Waals surface area contributed by atoms with Crippen molar-refractivity contribution in [1.82, 2.24) is 19.5 Å². The molecule has 2 heterocycles. The Morgan fingerprint density at radius 1 is 1.27 bits per heavy atom. The van der Waals surface area contributed by atoms with Crippen molar-refractivity contribution in [3.05, 3.63) is 45.0 Å². The van der Waals surface area contributed by atoms with E-state index < -0.39 is 64.4 Å². The monoisotopic (exact) mass is 619 g/mol. The maximum Gasteiger partial charge on any atom is 0.353 e. The first-order chi connectivity index (χ1) is 19.4. The number of amides is 1. The average Bonchev–Trinajstić information content (AvgIpc) is 3.26. The normalized spacial score (nSPS) is 22.1. The van der Waals surface area contributed by atoms with E-state index in [-0.39, 0.29) is 25.1 Å². The number of carbonyl (C=O) groups excluding carboxylic acids is 1. The zero-order chi connectivity index (χ0) is 30.7. The molecular formula is C24H39N5O10P2. The fraction of sp³-hybridized carbons (Fsp3) is 0.667. The van der Waals surface area contributed by atoms with Crippen LogP contribution in [-0.2, 0) is 36.9 Å². The van der Waals surface area contributed by atoms with E-state index >= 15 is 0 Å². The van der Waals surface area contributed by atoms with Gasteiger partial charge >= 0.3 is 13.3 Å². The highest BCUT2D eigenvalue weighted by Crippen LogP contribution is 2.52. The number of rotatable bonds is 16. The lowest BCUT2D eigenvalue weighted by Crippen LogP contribution is -2.42. The van der Waals surface area contributed by atoms with Gasteiger partial charge in [0.25, 0.3) is 14.1 Å². The van der Waals surface area contributed by atoms with Gasteiger partial charge in [-0.25, -0.2) is 9.46 Å². The van der Waals surface area contributed by atoms with Crippen molar-refractivity contribution < 1.29 is 36.9 Å². The number of hydrogen-bond donors (Lipinski definition) is 2. The molecule has 1 aliphatic heterocycles. The van der Waals surface area contributed by atoms with Gasteiger partial charge in [0.1, 0.15) is 24.9 Å². The first-order valence-corrected chi connectivity index (χ1v) is 15.6. The summed E-state index contributed by atoms with van der Waals surface area (Å²) in [6.45, 7) is 7.53. The smallest absolute Gasteiger partial charge is 0.353 e. The lowest BCUT2D eigenvalue weighted by atomic mass is 10.1. The van der Waals surface area contributed by atoms with Crippen molar-refractivity contribution in [2.45, 2.75) is 70.7 Å². The van der Waals surface area contributed by atoms with Crippen LogP contribution in [0.25, 0.3) is 0 Å². The summed E-state index contributed by atoms with van der Waals surface area (Å²) in [6.07, 6.45) is -1.57. The van der Waals surface area contributed by atoms with Crippen LogP contribution < -0.4 is 16.6 Å². The maximum atomic E-state index is 12.8. The van der Waals surface area contributed by atoms with Crippen LogP contribution in [0.2, 0.25) is 0 Å². The van der Waals surface area contributed by atoms with Gasteiger partial charge in [0, 0.05) is 51.4 Å². The van der Waals surface area contributed by atoms with Gasteiger partial charge < -0.3 is 32.9 Å². The van der Waals surface area contributed by atoms with Gasteiger partial charge in [-0.15, -0.1) is 0 Å². The standard InChI is InChI=1S/C24H39N5O10P2/c1-16(2)29(17(3)4)40(37-13-8-11-25)39-21-18(10-14-41(33,34-6)35-7)38-23(22(21)36-15-20(31)26-5)28-12-9-19(30)27-24(28)32/h9-10,12,14,16-18,21-23H,8,13,15H2,1-7H3,(H,26,31)(H,27,30,32)/b14-10+/t18-,21-,22-,23-,40?/m1/s1. The van der Waals surface area contributed by atoms with E-state index in [1.165, 1.54) is 39.4 Å². The number of likely N-dealkylation sites (N-methyl/N-ethyl adjacent to an activating group) is 1. The third-order valence-electron chi connectivity index (χ3n) is 5.88. The van der Waals surface area contributed by atoms with Gasteiger partial charge in [0.15, 0.2) is 6.23 Å². The molecule has 1 amide bonds. The molecule has 41 heavy (non-hydrogen) atoms. The minimum Gasteiger partial charge on any atom is -0.361 e. The molecule has 2 rings (SSSR count). The summed E-state index contributed by atoms with van der Waals surface area (Å²) < 4.78 is 50.7. The zero-order valence-corrected chi connectivity index (χ0v) is 26.0. The van der Waals surface area contributed by atoms with Crippen molar-refractivity contribution in [3.8, 4) is 6.07 Å². The number of aromatic nitrogens is 2. The van der Waals surface area contributed by atoms with Crippen molar-refractivity contribution in [1.29, 1.82) is 5.26 Å². The molecule has 1 unspecified atom stereocenters. The Kier molecular flexibility index (Phi) is 14.0. The van der Waals surface area contributed by atoms with E-state index in [0.29, 0.717) is 0 Å². The molecule has 1 aromatic rings. The summed E-state index contributed by atoms with van der Waals surface area (Å²) >= 11 is 0. The average molecular weight is 620 g/mol.